The van der Waals surface area contributed by atoms with Crippen molar-refractivity contribution in [3.8, 4) is 0 Å². The van der Waals surface area contributed by atoms with Crippen molar-refractivity contribution >= 4 is 41.4 Å². The first-order valence-electron chi connectivity index (χ1n) is 42.8. The van der Waals surface area contributed by atoms with Crippen LogP contribution in [-0.2, 0) is 124 Å². The molecule has 60 nitrogen and oxygen atoms in total. The highest BCUT2D eigenvalue weighted by Crippen LogP contribution is 2.43. The molecule has 10 fully saturated rings. The molecule has 60 heteroatoms. The zero-order valence-corrected chi connectivity index (χ0v) is 72.8. The molecule has 0 aromatic rings. The highest BCUT2D eigenvalue weighted by Gasteiger charge is 2.65. The Balaban J connectivity index is 1.00. The molecule has 0 aromatic heterocycles. The summed E-state index contributed by atoms with van der Waals surface area (Å²) >= 11 is 0. The second-order valence-electron chi connectivity index (χ2n) is 33.9. The lowest BCUT2D eigenvalue weighted by atomic mass is 9.88. The van der Waals surface area contributed by atoms with E-state index in [1.54, 1.807) is 0 Å². The Bertz CT molecular complexity index is 3820. The van der Waals surface area contributed by atoms with Crippen molar-refractivity contribution in [2.45, 2.75) is 360 Å². The van der Waals surface area contributed by atoms with Crippen molar-refractivity contribution in [2.75, 3.05) is 66.1 Å². The first kappa shape index (κ1) is 111. The van der Waals surface area contributed by atoms with Gasteiger partial charge in [-0.2, -0.15) is 0 Å². The maximum absolute atomic E-state index is 13.3. The lowest BCUT2D eigenvalue weighted by Crippen LogP contribution is -2.71. The van der Waals surface area contributed by atoms with E-state index in [0.717, 1.165) is 41.5 Å². The third kappa shape index (κ3) is 25.0. The largest absolute Gasteiger partial charge is 0.477 e. The second kappa shape index (κ2) is 48.5. The Hall–Kier alpha value is -5.55. The highest BCUT2D eigenvalue weighted by atomic mass is 16.8. The topological polar surface area (TPSA) is 933 Å². The number of carbonyl (C=O) groups is 7. The van der Waals surface area contributed by atoms with Gasteiger partial charge in [-0.3, -0.25) is 28.8 Å². The van der Waals surface area contributed by atoms with Gasteiger partial charge < -0.3 is 265 Å². The van der Waals surface area contributed by atoms with Gasteiger partial charge in [-0.05, 0) is 0 Å². The number of carboxylic acid groups (broad SMARTS) is 1. The van der Waals surface area contributed by atoms with Crippen molar-refractivity contribution in [1.82, 2.24) is 31.9 Å². The number of rotatable bonds is 37. The number of hydrogen-bond acceptors (Lipinski definition) is 53. The summed E-state index contributed by atoms with van der Waals surface area (Å²) in [7, 11) is 0. The van der Waals surface area contributed by atoms with Crippen LogP contribution in [0, 0.1) is 0 Å². The minimum absolute atomic E-state index is 0.822. The fourth-order valence-electron chi connectivity index (χ4n) is 17.5. The minimum atomic E-state index is -3.33. The molecule has 51 atom stereocenters. The molecule has 0 aliphatic carbocycles. The SMILES string of the molecule is CC(=O)N[C@@H]1[C@@H](O)[C@H](O[C@@H]2O[C@H](CO)[C@@H](O[C@@H]3O[C@H](CO[C@H]4O[C@H](CO)[C@@H](O)[C@H](O)[C@@H]4O[C@@H]4O[C@H](CO)[C@@H](O[C@@H]5O[C@H](CO)[C@H](O)[C@H](O[C@]6(C(=O)O)C[C@H](O)[C@@H](NC(C)=O)[C@H]([C@H](O)[C@H](O)CO)O6)[C@H]5O)[C@H](O)[C@H]4NC(C)=O)[C@@H](O)[C@H](O[C@H]4O[C@H](CO)[C@@H](O[C@@H]5O[C@H](CO)[C@@H](O)[C@H](O)[C@H]5NC(C)=O)[C@H](O)[C@@H]4O[C@@H]4O[C@H](CO)[C@@H](O)[C@H](O)[C@H]4NC(C)=O)[C@@H]3O)[C@H](O)[C@H]2NC(C)=O)[C@@H](CO)O[C@H]1O. The zero-order valence-electron chi connectivity index (χ0n) is 72.8. The van der Waals surface area contributed by atoms with Gasteiger partial charge in [0.15, 0.2) is 56.6 Å². The Morgan fingerprint density at radius 1 is 0.304 bits per heavy atom. The molecule has 10 heterocycles. The molecule has 10 saturated heterocycles. The van der Waals surface area contributed by atoms with Crippen molar-refractivity contribution in [3.63, 3.8) is 0 Å². The molecule has 34 N–H and O–H groups in total. The molecule has 0 radical (unpaired) electrons. The van der Waals surface area contributed by atoms with E-state index in [0.29, 0.717) is 0 Å². The molecule has 0 bridgehead atoms. The predicted octanol–water partition coefficient (Wildman–Crippen LogP) is -22.7. The summed E-state index contributed by atoms with van der Waals surface area (Å²) in [5.74, 6) is -11.1. The van der Waals surface area contributed by atoms with Gasteiger partial charge in [0.2, 0.25) is 35.4 Å². The van der Waals surface area contributed by atoms with Gasteiger partial charge in [-0.15, -0.1) is 0 Å². The number of nitrogens with one attached hydrogen (secondary N) is 6. The summed E-state index contributed by atoms with van der Waals surface area (Å²) < 4.78 is 114. The fourth-order valence-corrected chi connectivity index (χ4v) is 17.5. The number of aliphatic hydroxyl groups is 27. The predicted molar refractivity (Wildman–Crippen MR) is 416 cm³/mol. The molecule has 10 aliphatic heterocycles. The van der Waals surface area contributed by atoms with E-state index in [-0.39, 0.29) is 0 Å². The van der Waals surface area contributed by atoms with E-state index in [4.69, 9.17) is 90.0 Å². The maximum atomic E-state index is 13.3. The van der Waals surface area contributed by atoms with Gasteiger partial charge in [0.1, 0.15) is 238 Å². The fraction of sp³-hybridized carbons (Fsp3) is 0.907. The maximum Gasteiger partial charge on any atom is 0.364 e. The Labute approximate surface area is 764 Å². The lowest BCUT2D eigenvalue weighted by molar-refractivity contribution is -0.403. The average Bonchev–Trinajstić information content (AvgIpc) is 0.752. The van der Waals surface area contributed by atoms with Crippen molar-refractivity contribution in [1.29, 1.82) is 0 Å². The van der Waals surface area contributed by atoms with Crippen LogP contribution in [0.3, 0.4) is 0 Å². The van der Waals surface area contributed by atoms with E-state index in [1.807, 2.05) is 0 Å². The summed E-state index contributed by atoms with van der Waals surface area (Å²) in [6.45, 7) is -6.53. The van der Waals surface area contributed by atoms with Crippen LogP contribution < -0.4 is 31.9 Å². The quantitative estimate of drug-likeness (QED) is 0.0275. The number of aliphatic hydroxyl groups excluding tert-OH is 27. The molecule has 0 saturated carbocycles. The van der Waals surface area contributed by atoms with E-state index < -0.39 is 426 Å². The molecular weight excluding hydrogens is 1850 g/mol. The van der Waals surface area contributed by atoms with Crippen LogP contribution in [0.4, 0.5) is 0 Å². The van der Waals surface area contributed by atoms with E-state index in [9.17, 15) is 177 Å². The first-order valence-corrected chi connectivity index (χ1v) is 42.8. The number of carboxylic acids is 1. The zero-order chi connectivity index (χ0) is 99.9. The third-order valence-corrected chi connectivity index (χ3v) is 24.3. The van der Waals surface area contributed by atoms with Crippen LogP contribution in [0.15, 0.2) is 0 Å². The van der Waals surface area contributed by atoms with Crippen molar-refractivity contribution in [3.05, 3.63) is 0 Å². The standard InChI is InChI=1S/C75H124N6O54/c1-18(91)76-35-24(97)7-75(74(115)116,134-60(35)41(99)25(98)8-82)135-62-45(103)29(12-86)121-71(55(62)113)130-58-32(15-89)124-69(40(51(58)109)81-23(6)96)132-63-52(110)44(102)28(11-85)122-72(63)117-17-34-46(104)61(54(112)70(126-34)129-57-31(14-88)123-68(39(50(57)108)80-22(5)95)127-56-30(13-87)118-65(114)36(49(56)107)77-19(2)92)131-73-64(133-67-38(79-21(4)94)48(106)43(101)27(10-84)120-67)53(111)59(33(16-90)125-73)128-66-37(78-20(3)93)47(105)42(100)26(9-83)119-66/h24-73,82-90,97-114H,7-17H2,1-6H3,(H,76,91)(H,77,92)(H,78,93)(H,79,94)(H,80,95)(H,81,96)(H,115,116)/t24-,25+,26+,27+,28+,29+,30+,31+,32+,33+,34+,35+,36+,37+,38+,39+,40+,41+,42+,43+,44+,45-,46+,47+,48+,49+,50+,51+,52-,53-,54-,55+,56+,57+,58+,59+,60+,61-,62-,63-,64-,65+,66-,67-,68-,69-,70-,71-,72-,73+,75-/m0/s1. The Kier molecular flexibility index (Phi) is 40.0. The van der Waals surface area contributed by atoms with Gasteiger partial charge in [0, 0.05) is 48.0 Å². The van der Waals surface area contributed by atoms with Crippen LogP contribution in [0.1, 0.15) is 48.0 Å². The molecule has 778 valence electrons. The summed E-state index contributed by atoms with van der Waals surface area (Å²) in [4.78, 5) is 89.8. The van der Waals surface area contributed by atoms with E-state index in [2.05, 4.69) is 31.9 Å². The van der Waals surface area contributed by atoms with E-state index in [1.165, 1.54) is 0 Å². The summed E-state index contributed by atoms with van der Waals surface area (Å²) in [5, 5.41) is 331. The second-order valence-corrected chi connectivity index (χ2v) is 33.9. The summed E-state index contributed by atoms with van der Waals surface area (Å²) in [6, 6.07) is -11.4. The highest BCUT2D eigenvalue weighted by molar-refractivity contribution is 5.77. The normalized spacial score (nSPS) is 46.4. The molecule has 6 amide bonds. The van der Waals surface area contributed by atoms with Crippen LogP contribution in [0.2, 0.25) is 0 Å². The molecule has 135 heavy (non-hydrogen) atoms. The molecule has 0 spiro atoms. The third-order valence-electron chi connectivity index (χ3n) is 24.3. The van der Waals surface area contributed by atoms with Gasteiger partial charge in [0.25, 0.3) is 5.79 Å². The number of ether oxygens (including phenoxy) is 19. The Morgan fingerprint density at radius 2 is 0.600 bits per heavy atom. The minimum Gasteiger partial charge on any atom is -0.477 e. The van der Waals surface area contributed by atoms with Gasteiger partial charge >= 0.3 is 5.97 Å². The van der Waals surface area contributed by atoms with Crippen LogP contribution in [0.25, 0.3) is 0 Å². The number of hydrogen-bond donors (Lipinski definition) is 34. The molecule has 10 aliphatic rings. The van der Waals surface area contributed by atoms with Gasteiger partial charge in [-0.1, -0.05) is 0 Å². The van der Waals surface area contributed by atoms with Gasteiger partial charge in [-0.25, -0.2) is 4.79 Å². The van der Waals surface area contributed by atoms with Crippen molar-refractivity contribution in [2.24, 2.45) is 0 Å². The molecular formula is C75H124N6O54. The average molecular weight is 1970 g/mol. The molecule has 0 unspecified atom stereocenters. The summed E-state index contributed by atoms with van der Waals surface area (Å²) in [5.41, 5.74) is 0. The first-order chi connectivity index (χ1) is 63.7. The molecule has 10 rings (SSSR count). The van der Waals surface area contributed by atoms with Crippen LogP contribution in [0.5, 0.6) is 0 Å². The Morgan fingerprint density at radius 3 is 1.01 bits per heavy atom. The van der Waals surface area contributed by atoms with Gasteiger partial charge in [0.05, 0.1) is 78.2 Å². The van der Waals surface area contributed by atoms with E-state index >= 15 is 0 Å². The van der Waals surface area contributed by atoms with Crippen molar-refractivity contribution < 1.29 is 267 Å². The molecule has 0 aromatic carbocycles. The lowest BCUT2D eigenvalue weighted by Gasteiger charge is -2.52. The summed E-state index contributed by atoms with van der Waals surface area (Å²) in [6.07, 6.45) is -99.2. The van der Waals surface area contributed by atoms with Crippen LogP contribution in [-0.4, -0.2) is 563 Å². The number of aliphatic carboxylic acids is 1. The smallest absolute Gasteiger partial charge is 0.364 e. The number of carbonyl (C=O) groups excluding carboxylic acids is 6. The monoisotopic (exact) mass is 1970 g/mol. The number of amides is 6. The van der Waals surface area contributed by atoms with Crippen LogP contribution >= 0.6 is 0 Å².